The van der Waals surface area contributed by atoms with Crippen molar-refractivity contribution in [2.75, 3.05) is 13.1 Å². The summed E-state index contributed by atoms with van der Waals surface area (Å²) < 4.78 is 30.1. The van der Waals surface area contributed by atoms with Gasteiger partial charge in [0, 0.05) is 25.6 Å². The van der Waals surface area contributed by atoms with Crippen molar-refractivity contribution in [2.24, 2.45) is 5.92 Å². The molecule has 174 valence electrons. The number of para-hydroxylation sites is 1. The highest BCUT2D eigenvalue weighted by atomic mass is 32.2. The molecule has 0 unspecified atom stereocenters. The number of aromatic nitrogens is 2. The molecule has 2 heterocycles. The van der Waals surface area contributed by atoms with Gasteiger partial charge in [0.1, 0.15) is 4.90 Å². The molecular formula is C25H30N4O3S. The lowest BCUT2D eigenvalue weighted by Gasteiger charge is -2.30. The molecule has 33 heavy (non-hydrogen) atoms. The summed E-state index contributed by atoms with van der Waals surface area (Å²) in [6.45, 7) is 6.66. The van der Waals surface area contributed by atoms with Crippen LogP contribution in [-0.2, 0) is 21.4 Å². The first-order chi connectivity index (χ1) is 15.8. The lowest BCUT2D eigenvalue weighted by atomic mass is 9.97. The lowest BCUT2D eigenvalue weighted by Crippen LogP contribution is -2.43. The minimum Gasteiger partial charge on any atom is -0.352 e. The van der Waals surface area contributed by atoms with Gasteiger partial charge in [0.25, 0.3) is 0 Å². The lowest BCUT2D eigenvalue weighted by molar-refractivity contribution is -0.126. The number of benzene rings is 2. The van der Waals surface area contributed by atoms with Gasteiger partial charge in [-0.15, -0.1) is 0 Å². The Hall–Kier alpha value is -2.97. The molecule has 0 atom stereocenters. The standard InChI is InChI=1S/C25H30N4O3S/c1-18-9-7-8-10-22(18)17-26-25(30)21-13-15-28(16-14-21)33(31,32)24-19(2)27-29(20(24)3)23-11-5-4-6-12-23/h4-12,21H,13-17H2,1-3H3,(H,26,30). The zero-order valence-corrected chi connectivity index (χ0v) is 20.1. The molecule has 0 aliphatic carbocycles. The monoisotopic (exact) mass is 466 g/mol. The Morgan fingerprint density at radius 2 is 1.64 bits per heavy atom. The Morgan fingerprint density at radius 1 is 1.00 bits per heavy atom. The second-order valence-corrected chi connectivity index (χ2v) is 10.4. The number of nitrogens with zero attached hydrogens (tertiary/aromatic N) is 3. The number of rotatable bonds is 6. The third-order valence-corrected chi connectivity index (χ3v) is 8.51. The van der Waals surface area contributed by atoms with Gasteiger partial charge in [0.15, 0.2) is 0 Å². The van der Waals surface area contributed by atoms with Gasteiger partial charge in [-0.05, 0) is 56.9 Å². The normalized spacial score (nSPS) is 15.5. The first-order valence-electron chi connectivity index (χ1n) is 11.2. The number of carbonyl (C=O) groups is 1. The molecule has 1 fully saturated rings. The van der Waals surface area contributed by atoms with Crippen LogP contribution in [0.5, 0.6) is 0 Å². The van der Waals surface area contributed by atoms with Crippen molar-refractivity contribution in [3.8, 4) is 5.69 Å². The number of amides is 1. The van der Waals surface area contributed by atoms with E-state index >= 15 is 0 Å². The average molecular weight is 467 g/mol. The fourth-order valence-corrected chi connectivity index (χ4v) is 6.27. The summed E-state index contributed by atoms with van der Waals surface area (Å²) in [5.74, 6) is -0.200. The quantitative estimate of drug-likeness (QED) is 0.603. The Labute approximate surface area is 195 Å². The summed E-state index contributed by atoms with van der Waals surface area (Å²) in [6.07, 6.45) is 1.01. The highest BCUT2D eigenvalue weighted by molar-refractivity contribution is 7.89. The number of sulfonamides is 1. The molecular weight excluding hydrogens is 436 g/mol. The first-order valence-corrected chi connectivity index (χ1v) is 12.7. The Bertz CT molecular complexity index is 1240. The molecule has 1 aromatic heterocycles. The molecule has 1 aliphatic rings. The van der Waals surface area contributed by atoms with Crippen LogP contribution in [-0.4, -0.2) is 41.5 Å². The van der Waals surface area contributed by atoms with Crippen LogP contribution in [0, 0.1) is 26.7 Å². The highest BCUT2D eigenvalue weighted by Gasteiger charge is 2.35. The van der Waals surface area contributed by atoms with Crippen LogP contribution in [0.25, 0.3) is 5.69 Å². The fourth-order valence-electron chi connectivity index (χ4n) is 4.44. The number of nitrogens with one attached hydrogen (secondary N) is 1. The van der Waals surface area contributed by atoms with E-state index in [4.69, 9.17) is 0 Å². The summed E-state index contributed by atoms with van der Waals surface area (Å²) in [6, 6.07) is 17.5. The Kier molecular flexibility index (Phi) is 6.67. The summed E-state index contributed by atoms with van der Waals surface area (Å²) in [4.78, 5) is 12.9. The molecule has 0 radical (unpaired) electrons. The van der Waals surface area contributed by atoms with Crippen molar-refractivity contribution in [2.45, 2.75) is 45.1 Å². The van der Waals surface area contributed by atoms with Gasteiger partial charge in [-0.1, -0.05) is 42.5 Å². The smallest absolute Gasteiger partial charge is 0.246 e. The topological polar surface area (TPSA) is 84.3 Å². The summed E-state index contributed by atoms with van der Waals surface area (Å²) in [5, 5.41) is 7.51. The zero-order valence-electron chi connectivity index (χ0n) is 19.3. The molecule has 1 N–H and O–H groups in total. The number of hydrogen-bond acceptors (Lipinski definition) is 4. The molecule has 2 aromatic carbocycles. The molecule has 0 spiro atoms. The molecule has 3 aromatic rings. The molecule has 1 saturated heterocycles. The van der Waals surface area contributed by atoms with Crippen molar-refractivity contribution in [1.82, 2.24) is 19.4 Å². The van der Waals surface area contributed by atoms with Crippen molar-refractivity contribution < 1.29 is 13.2 Å². The maximum Gasteiger partial charge on any atom is 0.246 e. The minimum atomic E-state index is -3.70. The van der Waals surface area contributed by atoms with Gasteiger partial charge < -0.3 is 5.32 Å². The van der Waals surface area contributed by atoms with Crippen molar-refractivity contribution in [3.05, 3.63) is 77.1 Å². The molecule has 7 nitrogen and oxygen atoms in total. The Morgan fingerprint density at radius 3 is 2.30 bits per heavy atom. The molecule has 0 saturated carbocycles. The van der Waals surface area contributed by atoms with Crippen molar-refractivity contribution in [1.29, 1.82) is 0 Å². The summed E-state index contributed by atoms with van der Waals surface area (Å²) in [7, 11) is -3.70. The summed E-state index contributed by atoms with van der Waals surface area (Å²) >= 11 is 0. The van der Waals surface area contributed by atoms with E-state index in [2.05, 4.69) is 10.4 Å². The second kappa shape index (κ2) is 9.49. The number of aryl methyl sites for hydroxylation is 2. The van der Waals surface area contributed by atoms with Crippen LogP contribution in [0.2, 0.25) is 0 Å². The SMILES string of the molecule is Cc1ccccc1CNC(=O)C1CCN(S(=O)(=O)c2c(C)nn(-c3ccccc3)c2C)CC1. The van der Waals surface area contributed by atoms with E-state index in [-0.39, 0.29) is 16.7 Å². The van der Waals surface area contributed by atoms with Crippen LogP contribution < -0.4 is 5.32 Å². The van der Waals surface area contributed by atoms with Gasteiger partial charge in [-0.2, -0.15) is 9.40 Å². The zero-order chi connectivity index (χ0) is 23.6. The average Bonchev–Trinajstić information content (AvgIpc) is 3.13. The second-order valence-electron chi connectivity index (χ2n) is 8.57. The predicted molar refractivity (Wildman–Crippen MR) is 128 cm³/mol. The van der Waals surface area contributed by atoms with Crippen LogP contribution in [0.15, 0.2) is 59.5 Å². The minimum absolute atomic E-state index is 0.0143. The van der Waals surface area contributed by atoms with Crippen molar-refractivity contribution in [3.63, 3.8) is 0 Å². The number of piperidine rings is 1. The first kappa shape index (κ1) is 23.2. The fraction of sp³-hybridized carbons (Fsp3) is 0.360. The third kappa shape index (κ3) is 4.72. The predicted octanol–water partition coefficient (Wildman–Crippen LogP) is 3.51. The van der Waals surface area contributed by atoms with E-state index < -0.39 is 10.0 Å². The number of hydrogen-bond donors (Lipinski definition) is 1. The molecule has 8 heteroatoms. The maximum absolute atomic E-state index is 13.5. The Balaban J connectivity index is 1.43. The van der Waals surface area contributed by atoms with E-state index in [1.165, 1.54) is 4.31 Å². The molecule has 0 bridgehead atoms. The van der Waals surface area contributed by atoms with E-state index in [1.54, 1.807) is 18.5 Å². The maximum atomic E-state index is 13.5. The van der Waals surface area contributed by atoms with Gasteiger partial charge in [-0.3, -0.25) is 4.79 Å². The van der Waals surface area contributed by atoms with E-state index in [0.717, 1.165) is 16.8 Å². The number of carbonyl (C=O) groups excluding carboxylic acids is 1. The molecule has 1 amide bonds. The van der Waals surface area contributed by atoms with Crippen LogP contribution >= 0.6 is 0 Å². The largest absolute Gasteiger partial charge is 0.352 e. The third-order valence-electron chi connectivity index (χ3n) is 6.36. The van der Waals surface area contributed by atoms with Gasteiger partial charge in [-0.25, -0.2) is 13.1 Å². The van der Waals surface area contributed by atoms with E-state index in [0.29, 0.717) is 43.9 Å². The molecule has 4 rings (SSSR count). The van der Waals surface area contributed by atoms with Gasteiger partial charge >= 0.3 is 0 Å². The van der Waals surface area contributed by atoms with Crippen LogP contribution in [0.1, 0.15) is 35.4 Å². The van der Waals surface area contributed by atoms with Crippen LogP contribution in [0.4, 0.5) is 0 Å². The van der Waals surface area contributed by atoms with E-state index in [9.17, 15) is 13.2 Å². The van der Waals surface area contributed by atoms with Gasteiger partial charge in [0.2, 0.25) is 15.9 Å². The van der Waals surface area contributed by atoms with E-state index in [1.807, 2.05) is 61.5 Å². The molecule has 1 aliphatic heterocycles. The highest BCUT2D eigenvalue weighted by Crippen LogP contribution is 2.29. The summed E-state index contributed by atoms with van der Waals surface area (Å²) in [5.41, 5.74) is 4.13. The van der Waals surface area contributed by atoms with Gasteiger partial charge in [0.05, 0.1) is 17.1 Å². The van der Waals surface area contributed by atoms with Crippen molar-refractivity contribution >= 4 is 15.9 Å². The van der Waals surface area contributed by atoms with Crippen LogP contribution in [0.3, 0.4) is 0 Å².